The van der Waals surface area contributed by atoms with Crippen LogP contribution in [0.1, 0.15) is 47.0 Å². The maximum absolute atomic E-state index is 12.3. The lowest BCUT2D eigenvalue weighted by Gasteiger charge is -2.20. The van der Waals surface area contributed by atoms with E-state index in [1.54, 1.807) is 5.01 Å². The van der Waals surface area contributed by atoms with E-state index in [1.807, 2.05) is 6.92 Å². The highest BCUT2D eigenvalue weighted by Crippen LogP contribution is 2.26. The minimum atomic E-state index is -0.0347. The molecule has 0 fully saturated rings. The summed E-state index contributed by atoms with van der Waals surface area (Å²) in [5.41, 5.74) is 6.56. The Morgan fingerprint density at radius 1 is 1.41 bits per heavy atom. The first-order valence-corrected chi connectivity index (χ1v) is 6.64. The van der Waals surface area contributed by atoms with E-state index in [-0.39, 0.29) is 17.9 Å². The molecule has 1 amide bonds. The third-order valence-corrected chi connectivity index (χ3v) is 3.40. The summed E-state index contributed by atoms with van der Waals surface area (Å²) in [4.78, 5) is 12.3. The standard InChI is InChI=1S/C13H25N3O/c1-5-10(4)16-13(17)11(7-6-8-14)12(15-16)9(2)3/h9-11H,5-8,14H2,1-4H3. The Morgan fingerprint density at radius 2 is 2.06 bits per heavy atom. The molecule has 2 atom stereocenters. The van der Waals surface area contributed by atoms with E-state index in [0.29, 0.717) is 12.5 Å². The molecule has 2 N–H and O–H groups in total. The van der Waals surface area contributed by atoms with Gasteiger partial charge in [-0.05, 0) is 38.6 Å². The predicted molar refractivity (Wildman–Crippen MR) is 70.7 cm³/mol. The zero-order chi connectivity index (χ0) is 13.0. The van der Waals surface area contributed by atoms with Gasteiger partial charge in [0.1, 0.15) is 0 Å². The average Bonchev–Trinajstić information content (AvgIpc) is 2.63. The molecule has 4 nitrogen and oxygen atoms in total. The molecule has 0 bridgehead atoms. The van der Waals surface area contributed by atoms with Crippen molar-refractivity contribution in [2.45, 2.75) is 53.0 Å². The Bertz CT molecular complexity index is 299. The van der Waals surface area contributed by atoms with Gasteiger partial charge in [-0.25, -0.2) is 5.01 Å². The minimum absolute atomic E-state index is 0.0347. The van der Waals surface area contributed by atoms with Crippen molar-refractivity contribution in [2.24, 2.45) is 22.7 Å². The van der Waals surface area contributed by atoms with Gasteiger partial charge in [-0.3, -0.25) is 4.79 Å². The number of hydrogen-bond acceptors (Lipinski definition) is 3. The second kappa shape index (κ2) is 6.15. The molecular formula is C13H25N3O. The molecule has 0 spiro atoms. The van der Waals surface area contributed by atoms with E-state index in [0.717, 1.165) is 25.0 Å². The SMILES string of the molecule is CCC(C)N1N=C(C(C)C)C(CCCN)C1=O. The predicted octanol–water partition coefficient (Wildman–Crippen LogP) is 1.99. The van der Waals surface area contributed by atoms with Gasteiger partial charge in [0, 0.05) is 0 Å². The summed E-state index contributed by atoms with van der Waals surface area (Å²) < 4.78 is 0. The van der Waals surface area contributed by atoms with Crippen LogP contribution >= 0.6 is 0 Å². The van der Waals surface area contributed by atoms with Crippen LogP contribution in [0.2, 0.25) is 0 Å². The molecule has 4 heteroatoms. The fraction of sp³-hybridized carbons (Fsp3) is 0.846. The summed E-state index contributed by atoms with van der Waals surface area (Å²) in [6.45, 7) is 8.96. The maximum atomic E-state index is 12.3. The summed E-state index contributed by atoms with van der Waals surface area (Å²) in [5, 5.41) is 6.21. The molecule has 98 valence electrons. The lowest BCUT2D eigenvalue weighted by molar-refractivity contribution is -0.133. The highest BCUT2D eigenvalue weighted by Gasteiger charge is 2.37. The van der Waals surface area contributed by atoms with Gasteiger partial charge in [0.15, 0.2) is 0 Å². The van der Waals surface area contributed by atoms with Crippen LogP contribution in [0.25, 0.3) is 0 Å². The van der Waals surface area contributed by atoms with Crippen molar-refractivity contribution in [2.75, 3.05) is 6.54 Å². The summed E-state index contributed by atoms with van der Waals surface area (Å²) in [6.07, 6.45) is 2.65. The molecule has 0 saturated carbocycles. The fourth-order valence-corrected chi connectivity index (χ4v) is 2.13. The molecule has 0 radical (unpaired) electrons. The quantitative estimate of drug-likeness (QED) is 0.770. The number of amides is 1. The van der Waals surface area contributed by atoms with E-state index < -0.39 is 0 Å². The lowest BCUT2D eigenvalue weighted by Crippen LogP contribution is -2.34. The first-order chi connectivity index (χ1) is 8.02. The molecule has 1 aliphatic heterocycles. The number of hydrogen-bond donors (Lipinski definition) is 1. The smallest absolute Gasteiger partial charge is 0.251 e. The summed E-state index contributed by atoms with van der Waals surface area (Å²) in [7, 11) is 0. The molecule has 1 heterocycles. The zero-order valence-corrected chi connectivity index (χ0v) is 11.4. The van der Waals surface area contributed by atoms with Gasteiger partial charge in [0.05, 0.1) is 17.7 Å². The van der Waals surface area contributed by atoms with Crippen molar-refractivity contribution >= 4 is 11.6 Å². The van der Waals surface area contributed by atoms with Crippen molar-refractivity contribution in [3.05, 3.63) is 0 Å². The molecule has 2 unspecified atom stereocenters. The molecule has 17 heavy (non-hydrogen) atoms. The van der Waals surface area contributed by atoms with E-state index in [4.69, 9.17) is 5.73 Å². The van der Waals surface area contributed by atoms with Gasteiger partial charge >= 0.3 is 0 Å². The number of carbonyl (C=O) groups excluding carboxylic acids is 1. The fourth-order valence-electron chi connectivity index (χ4n) is 2.13. The van der Waals surface area contributed by atoms with Gasteiger partial charge < -0.3 is 5.73 Å². The van der Waals surface area contributed by atoms with Crippen molar-refractivity contribution in [1.82, 2.24) is 5.01 Å². The Morgan fingerprint density at radius 3 is 2.53 bits per heavy atom. The van der Waals surface area contributed by atoms with E-state index in [1.165, 1.54) is 0 Å². The van der Waals surface area contributed by atoms with E-state index in [2.05, 4.69) is 25.9 Å². The van der Waals surface area contributed by atoms with E-state index >= 15 is 0 Å². The Kier molecular flexibility index (Phi) is 5.12. The van der Waals surface area contributed by atoms with Crippen molar-refractivity contribution < 1.29 is 4.79 Å². The van der Waals surface area contributed by atoms with Crippen LogP contribution in [0, 0.1) is 11.8 Å². The third-order valence-electron chi connectivity index (χ3n) is 3.40. The molecule has 0 aromatic rings. The van der Waals surface area contributed by atoms with Gasteiger partial charge in [-0.1, -0.05) is 20.8 Å². The normalized spacial score (nSPS) is 22.2. The topological polar surface area (TPSA) is 58.7 Å². The number of hydrazone groups is 1. The number of carbonyl (C=O) groups is 1. The molecule has 1 rings (SSSR count). The largest absolute Gasteiger partial charge is 0.330 e. The number of nitrogens with zero attached hydrogens (tertiary/aromatic N) is 2. The van der Waals surface area contributed by atoms with Gasteiger partial charge in [-0.2, -0.15) is 5.10 Å². The monoisotopic (exact) mass is 239 g/mol. The first kappa shape index (κ1) is 14.2. The van der Waals surface area contributed by atoms with E-state index in [9.17, 15) is 4.79 Å². The zero-order valence-electron chi connectivity index (χ0n) is 11.4. The van der Waals surface area contributed by atoms with Crippen LogP contribution in [0.3, 0.4) is 0 Å². The summed E-state index contributed by atoms with van der Waals surface area (Å²) in [6, 6.07) is 0.194. The number of nitrogens with two attached hydrogens (primary N) is 1. The maximum Gasteiger partial charge on any atom is 0.251 e. The molecule has 0 aromatic heterocycles. The van der Waals surface area contributed by atoms with Gasteiger partial charge in [0.2, 0.25) is 0 Å². The second-order valence-corrected chi connectivity index (χ2v) is 5.10. The highest BCUT2D eigenvalue weighted by molar-refractivity contribution is 6.08. The van der Waals surface area contributed by atoms with Gasteiger partial charge in [0.25, 0.3) is 5.91 Å². The molecule has 1 aliphatic rings. The van der Waals surface area contributed by atoms with Crippen LogP contribution in [0.15, 0.2) is 5.10 Å². The third kappa shape index (κ3) is 3.06. The Balaban J connectivity index is 2.84. The Hall–Kier alpha value is -0.900. The van der Waals surface area contributed by atoms with Crippen molar-refractivity contribution in [3.63, 3.8) is 0 Å². The molecule has 0 aliphatic carbocycles. The Labute approximate surface area is 104 Å². The molecule has 0 saturated heterocycles. The lowest BCUT2D eigenvalue weighted by atomic mass is 9.90. The van der Waals surface area contributed by atoms with Crippen LogP contribution in [-0.2, 0) is 4.79 Å². The van der Waals surface area contributed by atoms with Crippen LogP contribution in [0.5, 0.6) is 0 Å². The van der Waals surface area contributed by atoms with Crippen LogP contribution < -0.4 is 5.73 Å². The molecular weight excluding hydrogens is 214 g/mol. The van der Waals surface area contributed by atoms with Crippen LogP contribution in [0.4, 0.5) is 0 Å². The average molecular weight is 239 g/mol. The highest BCUT2D eigenvalue weighted by atomic mass is 16.2. The van der Waals surface area contributed by atoms with Crippen LogP contribution in [-0.4, -0.2) is 29.2 Å². The first-order valence-electron chi connectivity index (χ1n) is 6.64. The summed E-state index contributed by atoms with van der Waals surface area (Å²) >= 11 is 0. The van der Waals surface area contributed by atoms with Crippen molar-refractivity contribution in [3.8, 4) is 0 Å². The van der Waals surface area contributed by atoms with Gasteiger partial charge in [-0.15, -0.1) is 0 Å². The second-order valence-electron chi connectivity index (χ2n) is 5.10. The summed E-state index contributed by atoms with van der Waals surface area (Å²) in [5.74, 6) is 0.458. The molecule has 0 aromatic carbocycles. The number of rotatable bonds is 6. The van der Waals surface area contributed by atoms with Crippen molar-refractivity contribution in [1.29, 1.82) is 0 Å². The minimum Gasteiger partial charge on any atom is -0.330 e.